The van der Waals surface area contributed by atoms with Crippen molar-refractivity contribution in [3.8, 4) is 0 Å². The Hall–Kier alpha value is -1.32. The quantitative estimate of drug-likeness (QED) is 0.681. The molecule has 3 N–H and O–H groups in total. The molecular weight excluding hydrogens is 212 g/mol. The number of hydrogen-bond donors (Lipinski definition) is 2. The summed E-state index contributed by atoms with van der Waals surface area (Å²) in [7, 11) is 0. The zero-order valence-corrected chi connectivity index (χ0v) is 11.0. The lowest BCUT2D eigenvalue weighted by molar-refractivity contribution is 0.683. The summed E-state index contributed by atoms with van der Waals surface area (Å²) >= 11 is 0. The fourth-order valence-corrected chi connectivity index (χ4v) is 1.83. The van der Waals surface area contributed by atoms with Gasteiger partial charge >= 0.3 is 0 Å². The Morgan fingerprint density at radius 1 is 1.12 bits per heavy atom. The molecule has 0 atom stereocenters. The van der Waals surface area contributed by atoms with E-state index in [4.69, 9.17) is 5.73 Å². The number of nitrogen functional groups attached to an aromatic ring is 1. The summed E-state index contributed by atoms with van der Waals surface area (Å²) in [6.45, 7) is 5.32. The Bertz CT molecular complexity index is 325. The van der Waals surface area contributed by atoms with E-state index in [2.05, 4.69) is 29.1 Å². The molecule has 0 aliphatic carbocycles. The van der Waals surface area contributed by atoms with Crippen LogP contribution in [0.25, 0.3) is 0 Å². The van der Waals surface area contributed by atoms with Gasteiger partial charge in [-0.25, -0.2) is 9.97 Å². The van der Waals surface area contributed by atoms with E-state index in [-0.39, 0.29) is 0 Å². The first-order valence-corrected chi connectivity index (χ1v) is 6.62. The van der Waals surface area contributed by atoms with Crippen LogP contribution in [0.15, 0.2) is 6.33 Å². The third-order valence-electron chi connectivity index (χ3n) is 2.80. The standard InChI is InChI=1S/C13H24N4/c1-3-5-6-7-9-15-13-11(8-4-2)12(14)16-10-17-13/h10H,3-9H2,1-2H3,(H3,14,15,16,17). The summed E-state index contributed by atoms with van der Waals surface area (Å²) < 4.78 is 0. The zero-order chi connectivity index (χ0) is 12.5. The molecule has 1 aromatic rings. The molecule has 0 fully saturated rings. The Labute approximate surface area is 104 Å². The van der Waals surface area contributed by atoms with E-state index >= 15 is 0 Å². The smallest absolute Gasteiger partial charge is 0.134 e. The first-order valence-electron chi connectivity index (χ1n) is 6.62. The van der Waals surface area contributed by atoms with Gasteiger partial charge in [0.1, 0.15) is 18.0 Å². The average Bonchev–Trinajstić information content (AvgIpc) is 2.33. The highest BCUT2D eigenvalue weighted by molar-refractivity contribution is 5.54. The Morgan fingerprint density at radius 3 is 2.65 bits per heavy atom. The molecule has 0 saturated carbocycles. The van der Waals surface area contributed by atoms with Crippen molar-refractivity contribution >= 4 is 11.6 Å². The summed E-state index contributed by atoms with van der Waals surface area (Å²) in [6, 6.07) is 0. The molecule has 1 heterocycles. The Balaban J connectivity index is 2.48. The van der Waals surface area contributed by atoms with Crippen LogP contribution in [0.1, 0.15) is 51.5 Å². The minimum atomic E-state index is 0.609. The largest absolute Gasteiger partial charge is 0.383 e. The van der Waals surface area contributed by atoms with Gasteiger partial charge in [-0.05, 0) is 12.8 Å². The van der Waals surface area contributed by atoms with Crippen LogP contribution in [0, 0.1) is 0 Å². The second-order valence-electron chi connectivity index (χ2n) is 4.32. The van der Waals surface area contributed by atoms with Gasteiger partial charge in [-0.3, -0.25) is 0 Å². The Morgan fingerprint density at radius 2 is 1.94 bits per heavy atom. The lowest BCUT2D eigenvalue weighted by atomic mass is 10.1. The molecule has 0 amide bonds. The lowest BCUT2D eigenvalue weighted by Gasteiger charge is -2.11. The molecule has 0 aliphatic rings. The molecule has 0 aliphatic heterocycles. The minimum absolute atomic E-state index is 0.609. The highest BCUT2D eigenvalue weighted by Gasteiger charge is 2.07. The molecule has 1 aromatic heterocycles. The molecule has 0 aromatic carbocycles. The van der Waals surface area contributed by atoms with Gasteiger partial charge in [0.05, 0.1) is 0 Å². The van der Waals surface area contributed by atoms with E-state index in [1.165, 1.54) is 32.0 Å². The van der Waals surface area contributed by atoms with Gasteiger partial charge in [-0.1, -0.05) is 39.5 Å². The SMILES string of the molecule is CCCCCCNc1ncnc(N)c1CCC. The second-order valence-corrected chi connectivity index (χ2v) is 4.32. The summed E-state index contributed by atoms with van der Waals surface area (Å²) in [6.07, 6.45) is 8.54. The average molecular weight is 236 g/mol. The molecule has 1 rings (SSSR count). The first-order chi connectivity index (χ1) is 8.29. The maximum atomic E-state index is 5.87. The van der Waals surface area contributed by atoms with Crippen molar-refractivity contribution in [1.29, 1.82) is 0 Å². The predicted molar refractivity (Wildman–Crippen MR) is 73.1 cm³/mol. The summed E-state index contributed by atoms with van der Waals surface area (Å²) in [5.41, 5.74) is 6.93. The maximum Gasteiger partial charge on any atom is 0.134 e. The van der Waals surface area contributed by atoms with Gasteiger partial charge in [-0.2, -0.15) is 0 Å². The van der Waals surface area contributed by atoms with Gasteiger partial charge < -0.3 is 11.1 Å². The van der Waals surface area contributed by atoms with E-state index in [0.717, 1.165) is 30.8 Å². The van der Waals surface area contributed by atoms with Crippen molar-refractivity contribution in [3.63, 3.8) is 0 Å². The maximum absolute atomic E-state index is 5.87. The number of anilines is 2. The molecule has 17 heavy (non-hydrogen) atoms. The van der Waals surface area contributed by atoms with Crippen LogP contribution in [-0.4, -0.2) is 16.5 Å². The Kier molecular flexibility index (Phi) is 6.37. The molecule has 0 unspecified atom stereocenters. The molecule has 0 radical (unpaired) electrons. The molecule has 96 valence electrons. The van der Waals surface area contributed by atoms with Crippen molar-refractivity contribution in [2.24, 2.45) is 0 Å². The molecule has 4 nitrogen and oxygen atoms in total. The highest BCUT2D eigenvalue weighted by atomic mass is 15.0. The number of nitrogens with one attached hydrogen (secondary N) is 1. The van der Waals surface area contributed by atoms with Crippen LogP contribution in [0.2, 0.25) is 0 Å². The van der Waals surface area contributed by atoms with E-state index < -0.39 is 0 Å². The topological polar surface area (TPSA) is 63.8 Å². The van der Waals surface area contributed by atoms with Gasteiger partial charge in [-0.15, -0.1) is 0 Å². The molecule has 0 saturated heterocycles. The van der Waals surface area contributed by atoms with E-state index in [9.17, 15) is 0 Å². The number of unbranched alkanes of at least 4 members (excludes halogenated alkanes) is 3. The van der Waals surface area contributed by atoms with Gasteiger partial charge in [0.2, 0.25) is 0 Å². The van der Waals surface area contributed by atoms with Crippen molar-refractivity contribution in [1.82, 2.24) is 9.97 Å². The fraction of sp³-hybridized carbons (Fsp3) is 0.692. The van der Waals surface area contributed by atoms with Crippen molar-refractivity contribution in [2.45, 2.75) is 52.4 Å². The van der Waals surface area contributed by atoms with Crippen molar-refractivity contribution in [2.75, 3.05) is 17.6 Å². The molecular formula is C13H24N4. The number of nitrogens with zero attached hydrogens (tertiary/aromatic N) is 2. The third-order valence-corrected chi connectivity index (χ3v) is 2.80. The normalized spacial score (nSPS) is 10.5. The van der Waals surface area contributed by atoms with E-state index in [0.29, 0.717) is 5.82 Å². The predicted octanol–water partition coefficient (Wildman–Crippen LogP) is 3.00. The number of hydrogen-bond acceptors (Lipinski definition) is 4. The van der Waals surface area contributed by atoms with E-state index in [1.807, 2.05) is 0 Å². The second kappa shape index (κ2) is 7.87. The molecule has 0 spiro atoms. The van der Waals surface area contributed by atoms with Crippen LogP contribution in [0.5, 0.6) is 0 Å². The van der Waals surface area contributed by atoms with Gasteiger partial charge in [0.25, 0.3) is 0 Å². The van der Waals surface area contributed by atoms with Crippen LogP contribution in [-0.2, 0) is 6.42 Å². The monoisotopic (exact) mass is 236 g/mol. The number of rotatable bonds is 8. The van der Waals surface area contributed by atoms with Crippen LogP contribution >= 0.6 is 0 Å². The van der Waals surface area contributed by atoms with Crippen molar-refractivity contribution in [3.05, 3.63) is 11.9 Å². The fourth-order valence-electron chi connectivity index (χ4n) is 1.83. The first kappa shape index (κ1) is 13.7. The summed E-state index contributed by atoms with van der Waals surface area (Å²) in [4.78, 5) is 8.32. The third kappa shape index (κ3) is 4.59. The van der Waals surface area contributed by atoms with Crippen LogP contribution in [0.4, 0.5) is 11.6 Å². The van der Waals surface area contributed by atoms with Crippen molar-refractivity contribution < 1.29 is 0 Å². The summed E-state index contributed by atoms with van der Waals surface area (Å²) in [5.74, 6) is 1.52. The lowest BCUT2D eigenvalue weighted by Crippen LogP contribution is -2.09. The van der Waals surface area contributed by atoms with Gasteiger partial charge in [0, 0.05) is 12.1 Å². The highest BCUT2D eigenvalue weighted by Crippen LogP contribution is 2.18. The zero-order valence-electron chi connectivity index (χ0n) is 11.0. The van der Waals surface area contributed by atoms with Crippen LogP contribution < -0.4 is 11.1 Å². The van der Waals surface area contributed by atoms with Crippen LogP contribution in [0.3, 0.4) is 0 Å². The molecule has 4 heteroatoms. The number of nitrogens with two attached hydrogens (primary N) is 1. The van der Waals surface area contributed by atoms with E-state index in [1.54, 1.807) is 0 Å². The minimum Gasteiger partial charge on any atom is -0.383 e. The summed E-state index contributed by atoms with van der Waals surface area (Å²) in [5, 5.41) is 3.37. The molecule has 0 bridgehead atoms. The van der Waals surface area contributed by atoms with Gasteiger partial charge in [0.15, 0.2) is 0 Å². The number of aromatic nitrogens is 2.